The highest BCUT2D eigenvalue weighted by atomic mass is 79.9. The number of benzene rings is 2. The van der Waals surface area contributed by atoms with Crippen molar-refractivity contribution in [1.82, 2.24) is 18.9 Å². The first kappa shape index (κ1) is 23.6. The lowest BCUT2D eigenvalue weighted by Gasteiger charge is -2.32. The zero-order chi connectivity index (χ0) is 24.6. The fourth-order valence-electron chi connectivity index (χ4n) is 4.34. The minimum Gasteiger partial charge on any atom is -0.508 e. The monoisotopic (exact) mass is 557 g/mol. The number of fused-ring (bicyclic) bond motifs is 1. The molecule has 0 amide bonds. The molecule has 1 atom stereocenters. The van der Waals surface area contributed by atoms with Crippen LogP contribution in [0.2, 0.25) is 0 Å². The van der Waals surface area contributed by atoms with E-state index in [0.717, 1.165) is 17.3 Å². The van der Waals surface area contributed by atoms with Gasteiger partial charge in [-0.25, -0.2) is 13.4 Å². The van der Waals surface area contributed by atoms with Gasteiger partial charge in [-0.2, -0.15) is 13.9 Å². The Morgan fingerprint density at radius 1 is 1.11 bits per heavy atom. The summed E-state index contributed by atoms with van der Waals surface area (Å²) in [5, 5.41) is 27.9. The van der Waals surface area contributed by atoms with E-state index in [4.69, 9.17) is 0 Å². The first-order valence-electron chi connectivity index (χ1n) is 11.2. The van der Waals surface area contributed by atoms with E-state index in [1.54, 1.807) is 28.9 Å². The summed E-state index contributed by atoms with van der Waals surface area (Å²) in [4.78, 5) is 4.75. The van der Waals surface area contributed by atoms with E-state index in [1.165, 1.54) is 28.6 Å². The van der Waals surface area contributed by atoms with Crippen molar-refractivity contribution in [2.75, 3.05) is 25.0 Å². The Hall–Kier alpha value is -3.15. The van der Waals surface area contributed by atoms with Crippen molar-refractivity contribution in [3.05, 3.63) is 65.3 Å². The van der Waals surface area contributed by atoms with E-state index >= 15 is 0 Å². The molecule has 0 aliphatic carbocycles. The number of sulfonamides is 1. The second-order valence-electron chi connectivity index (χ2n) is 8.52. The molecule has 35 heavy (non-hydrogen) atoms. The Morgan fingerprint density at radius 2 is 1.94 bits per heavy atom. The molecule has 2 aromatic carbocycles. The molecule has 9 nitrogen and oxygen atoms in total. The summed E-state index contributed by atoms with van der Waals surface area (Å²) in [6.45, 7) is 1.34. The average Bonchev–Trinajstić information content (AvgIpc) is 3.23. The highest BCUT2D eigenvalue weighted by Crippen LogP contribution is 2.32. The molecule has 1 unspecified atom stereocenters. The molecule has 0 saturated carbocycles. The maximum Gasteiger partial charge on any atom is 0.243 e. The molecular weight excluding hydrogens is 534 g/mol. The van der Waals surface area contributed by atoms with Crippen LogP contribution in [-0.4, -0.2) is 57.2 Å². The summed E-state index contributed by atoms with van der Waals surface area (Å²) in [5.74, 6) is 0.818. The van der Waals surface area contributed by atoms with Gasteiger partial charge in [0.1, 0.15) is 17.3 Å². The molecule has 1 fully saturated rings. The van der Waals surface area contributed by atoms with Crippen LogP contribution in [0.1, 0.15) is 12.8 Å². The van der Waals surface area contributed by atoms with Crippen molar-refractivity contribution < 1.29 is 18.6 Å². The second kappa shape index (κ2) is 9.48. The molecule has 0 spiro atoms. The van der Waals surface area contributed by atoms with Gasteiger partial charge < -0.3 is 15.5 Å². The van der Waals surface area contributed by atoms with Crippen LogP contribution in [0.25, 0.3) is 16.9 Å². The molecule has 1 aliphatic rings. The van der Waals surface area contributed by atoms with E-state index in [0.29, 0.717) is 42.4 Å². The molecule has 3 heterocycles. The van der Waals surface area contributed by atoms with Crippen LogP contribution >= 0.6 is 15.9 Å². The van der Waals surface area contributed by atoms with Crippen LogP contribution in [0.5, 0.6) is 11.5 Å². The van der Waals surface area contributed by atoms with Crippen LogP contribution in [0.3, 0.4) is 0 Å². The van der Waals surface area contributed by atoms with E-state index in [-0.39, 0.29) is 22.3 Å². The largest absolute Gasteiger partial charge is 0.508 e. The lowest BCUT2D eigenvalue weighted by molar-refractivity contribution is 0.275. The minimum atomic E-state index is -3.70. The second-order valence-corrected chi connectivity index (χ2v) is 11.3. The Balaban J connectivity index is 1.38. The van der Waals surface area contributed by atoms with Crippen LogP contribution in [-0.2, 0) is 10.0 Å². The number of nitrogens with zero attached hydrogens (tertiary/aromatic N) is 4. The number of hydrogen-bond donors (Lipinski definition) is 3. The van der Waals surface area contributed by atoms with Gasteiger partial charge in [-0.05, 0) is 65.0 Å². The van der Waals surface area contributed by atoms with E-state index < -0.39 is 10.0 Å². The average molecular weight is 558 g/mol. The number of anilines is 1. The molecule has 1 aliphatic heterocycles. The van der Waals surface area contributed by atoms with Crippen molar-refractivity contribution in [3.8, 4) is 22.8 Å². The third-order valence-corrected chi connectivity index (χ3v) is 8.54. The van der Waals surface area contributed by atoms with Gasteiger partial charge in [-0.1, -0.05) is 18.2 Å². The van der Waals surface area contributed by atoms with Crippen LogP contribution in [0.15, 0.2) is 70.2 Å². The maximum absolute atomic E-state index is 13.1. The van der Waals surface area contributed by atoms with Gasteiger partial charge in [0.25, 0.3) is 0 Å². The fourth-order valence-corrected chi connectivity index (χ4v) is 6.29. The number of piperidine rings is 1. The highest BCUT2D eigenvalue weighted by Gasteiger charge is 2.30. The Morgan fingerprint density at radius 3 is 2.74 bits per heavy atom. The standard InChI is InChI=1S/C24H24BrN5O4S/c25-20-14-27-30-23(12-21(28-24(20)30)19-8-1-2-9-22(19)32)26-13-16-5-4-10-29(15-16)35(33,34)18-7-3-6-17(31)11-18/h1-3,6-9,11-12,14,16,26,31-32H,4-5,10,13,15H2. The van der Waals surface area contributed by atoms with Crippen LogP contribution in [0.4, 0.5) is 5.82 Å². The fraction of sp³-hybridized carbons (Fsp3) is 0.250. The summed E-state index contributed by atoms with van der Waals surface area (Å²) in [5.41, 5.74) is 1.80. The van der Waals surface area contributed by atoms with Crippen molar-refractivity contribution in [1.29, 1.82) is 0 Å². The van der Waals surface area contributed by atoms with Crippen molar-refractivity contribution in [3.63, 3.8) is 0 Å². The number of aromatic nitrogens is 3. The van der Waals surface area contributed by atoms with Gasteiger partial charge in [-0.15, -0.1) is 0 Å². The topological polar surface area (TPSA) is 120 Å². The number of aromatic hydroxyl groups is 2. The van der Waals surface area contributed by atoms with Gasteiger partial charge >= 0.3 is 0 Å². The zero-order valence-corrected chi connectivity index (χ0v) is 21.1. The van der Waals surface area contributed by atoms with E-state index in [9.17, 15) is 18.6 Å². The number of para-hydroxylation sites is 1. The van der Waals surface area contributed by atoms with Gasteiger partial charge in [0, 0.05) is 31.3 Å². The molecular formula is C24H24BrN5O4S. The van der Waals surface area contributed by atoms with Crippen molar-refractivity contribution in [2.45, 2.75) is 17.7 Å². The molecule has 0 bridgehead atoms. The number of nitrogens with one attached hydrogen (secondary N) is 1. The summed E-state index contributed by atoms with van der Waals surface area (Å²) < 4.78 is 30.1. The number of phenols is 2. The molecule has 182 valence electrons. The number of hydrogen-bond acceptors (Lipinski definition) is 7. The number of rotatable bonds is 6. The summed E-state index contributed by atoms with van der Waals surface area (Å²) in [6, 6.07) is 14.6. The van der Waals surface area contributed by atoms with Gasteiger partial charge in [0.05, 0.1) is 21.3 Å². The first-order chi connectivity index (χ1) is 16.8. The predicted molar refractivity (Wildman–Crippen MR) is 136 cm³/mol. The lowest BCUT2D eigenvalue weighted by Crippen LogP contribution is -2.41. The van der Waals surface area contributed by atoms with Crippen LogP contribution in [0, 0.1) is 5.92 Å². The smallest absolute Gasteiger partial charge is 0.243 e. The van der Waals surface area contributed by atoms with Crippen molar-refractivity contribution in [2.24, 2.45) is 5.92 Å². The Labute approximate surface area is 211 Å². The molecule has 2 aromatic heterocycles. The van der Waals surface area contributed by atoms with Gasteiger partial charge in [-0.3, -0.25) is 0 Å². The lowest BCUT2D eigenvalue weighted by atomic mass is 10.00. The van der Waals surface area contributed by atoms with Crippen molar-refractivity contribution >= 4 is 37.4 Å². The van der Waals surface area contributed by atoms with Gasteiger partial charge in [0.2, 0.25) is 10.0 Å². The predicted octanol–water partition coefficient (Wildman–Crippen LogP) is 4.08. The molecule has 3 N–H and O–H groups in total. The highest BCUT2D eigenvalue weighted by molar-refractivity contribution is 9.10. The first-order valence-corrected chi connectivity index (χ1v) is 13.4. The zero-order valence-electron chi connectivity index (χ0n) is 18.7. The third-order valence-electron chi connectivity index (χ3n) is 6.12. The number of phenolic OH excluding ortho intramolecular Hbond substituents is 2. The molecule has 1 saturated heterocycles. The molecule has 11 heteroatoms. The molecule has 5 rings (SSSR count). The minimum absolute atomic E-state index is 0.0753. The third kappa shape index (κ3) is 4.71. The number of halogens is 1. The normalized spacial score (nSPS) is 17.0. The Kier molecular flexibility index (Phi) is 6.39. The summed E-state index contributed by atoms with van der Waals surface area (Å²) >= 11 is 3.48. The van der Waals surface area contributed by atoms with Gasteiger partial charge in [0.15, 0.2) is 5.65 Å². The van der Waals surface area contributed by atoms with Crippen LogP contribution < -0.4 is 5.32 Å². The summed E-state index contributed by atoms with van der Waals surface area (Å²) in [7, 11) is -3.70. The molecule has 0 radical (unpaired) electrons. The van der Waals surface area contributed by atoms with E-state index in [1.807, 2.05) is 12.1 Å². The quantitative estimate of drug-likeness (QED) is 0.326. The molecule has 4 aromatic rings. The maximum atomic E-state index is 13.1. The van der Waals surface area contributed by atoms with E-state index in [2.05, 4.69) is 31.3 Å². The SMILES string of the molecule is O=S(=O)(c1cccc(O)c1)N1CCCC(CNc2cc(-c3ccccc3O)nc3c(Br)cnn23)C1. The summed E-state index contributed by atoms with van der Waals surface area (Å²) in [6.07, 6.45) is 3.28. The Bertz CT molecular complexity index is 1490.